The van der Waals surface area contributed by atoms with Gasteiger partial charge in [0.15, 0.2) is 16.6 Å². The van der Waals surface area contributed by atoms with Crippen molar-refractivity contribution in [2.75, 3.05) is 32.6 Å². The van der Waals surface area contributed by atoms with Crippen LogP contribution in [0.1, 0.15) is 35.9 Å². The highest BCUT2D eigenvalue weighted by Gasteiger charge is 2.34. The molecule has 4 rings (SSSR count). The van der Waals surface area contributed by atoms with Crippen LogP contribution in [0.15, 0.2) is 18.2 Å². The summed E-state index contributed by atoms with van der Waals surface area (Å²) in [5.74, 6) is 1.60. The molecular weight excluding hydrogens is 414 g/mol. The normalized spacial score (nSPS) is 20.5. The summed E-state index contributed by atoms with van der Waals surface area (Å²) >= 11 is 1.58. The molecule has 2 aromatic rings. The van der Waals surface area contributed by atoms with E-state index in [2.05, 4.69) is 17.2 Å². The number of amides is 2. The lowest BCUT2D eigenvalue weighted by Crippen LogP contribution is -2.30. The molecule has 1 aliphatic carbocycles. The number of likely N-dealkylation sites (tertiary alicyclic amines) is 1. The molecule has 1 N–H and O–H groups in total. The topological polar surface area (TPSA) is 80.8 Å². The Kier molecular flexibility index (Phi) is 6.46. The fourth-order valence-corrected chi connectivity index (χ4v) is 5.44. The standard InChI is InChI=1S/C23H29N3O4S/c1-14-4-6-17-20(10-14)31-23(24-17)25-22(28)16-12-21(27)26(13-16)9-8-15-5-7-18(29-2)19(11-15)30-3/h5,7,11,14,16H,4,6,8-10,12-13H2,1-3H3,(H,24,25,28)/t14-,16+/m0/s1. The maximum Gasteiger partial charge on any atom is 0.231 e. The van der Waals surface area contributed by atoms with Gasteiger partial charge in [-0.2, -0.15) is 0 Å². The monoisotopic (exact) mass is 443 g/mol. The number of hydrogen-bond donors (Lipinski definition) is 1. The molecule has 1 aliphatic heterocycles. The number of carbonyl (C=O) groups is 2. The zero-order valence-electron chi connectivity index (χ0n) is 18.3. The van der Waals surface area contributed by atoms with Gasteiger partial charge in [-0.1, -0.05) is 13.0 Å². The molecule has 1 aromatic heterocycles. The van der Waals surface area contributed by atoms with Gasteiger partial charge >= 0.3 is 0 Å². The van der Waals surface area contributed by atoms with E-state index in [1.165, 1.54) is 4.88 Å². The van der Waals surface area contributed by atoms with Gasteiger partial charge in [0.1, 0.15) is 0 Å². The van der Waals surface area contributed by atoms with Gasteiger partial charge in [-0.15, -0.1) is 11.3 Å². The van der Waals surface area contributed by atoms with E-state index in [4.69, 9.17) is 9.47 Å². The van der Waals surface area contributed by atoms with Crippen molar-refractivity contribution >= 4 is 28.3 Å². The van der Waals surface area contributed by atoms with Gasteiger partial charge in [0.05, 0.1) is 25.8 Å². The molecule has 7 nitrogen and oxygen atoms in total. The molecule has 0 spiro atoms. The number of aromatic nitrogens is 1. The molecule has 0 saturated carbocycles. The number of nitrogens with one attached hydrogen (secondary N) is 1. The predicted molar refractivity (Wildman–Crippen MR) is 120 cm³/mol. The van der Waals surface area contributed by atoms with Crippen molar-refractivity contribution in [3.8, 4) is 11.5 Å². The number of carbonyl (C=O) groups excluding carboxylic acids is 2. The van der Waals surface area contributed by atoms with E-state index in [1.54, 1.807) is 30.5 Å². The van der Waals surface area contributed by atoms with Crippen molar-refractivity contribution in [2.45, 2.75) is 39.0 Å². The number of anilines is 1. The van der Waals surface area contributed by atoms with Crippen LogP contribution in [0, 0.1) is 11.8 Å². The summed E-state index contributed by atoms with van der Waals surface area (Å²) in [6, 6.07) is 5.76. The number of nitrogens with zero attached hydrogens (tertiary/aromatic N) is 2. The van der Waals surface area contributed by atoms with Crippen LogP contribution in [0.4, 0.5) is 5.13 Å². The van der Waals surface area contributed by atoms with E-state index >= 15 is 0 Å². The summed E-state index contributed by atoms with van der Waals surface area (Å²) in [6.07, 6.45) is 4.11. The van der Waals surface area contributed by atoms with E-state index in [-0.39, 0.29) is 24.2 Å². The van der Waals surface area contributed by atoms with Crippen molar-refractivity contribution < 1.29 is 19.1 Å². The largest absolute Gasteiger partial charge is 0.493 e. The molecule has 1 fully saturated rings. The number of hydrogen-bond acceptors (Lipinski definition) is 6. The Balaban J connectivity index is 1.32. The minimum atomic E-state index is -0.335. The molecule has 31 heavy (non-hydrogen) atoms. The Labute approximate surface area is 186 Å². The molecule has 2 amide bonds. The van der Waals surface area contributed by atoms with Crippen LogP contribution in [0.25, 0.3) is 0 Å². The maximum absolute atomic E-state index is 12.8. The van der Waals surface area contributed by atoms with Crippen LogP contribution in [0.3, 0.4) is 0 Å². The lowest BCUT2D eigenvalue weighted by molar-refractivity contribution is -0.128. The molecule has 0 unspecified atom stereocenters. The molecule has 1 saturated heterocycles. The molecule has 0 radical (unpaired) electrons. The minimum absolute atomic E-state index is 0.0212. The first kappa shape index (κ1) is 21.6. The first-order chi connectivity index (χ1) is 15.0. The van der Waals surface area contributed by atoms with Crippen molar-refractivity contribution in [1.29, 1.82) is 0 Å². The van der Waals surface area contributed by atoms with Gasteiger partial charge in [0, 0.05) is 24.4 Å². The van der Waals surface area contributed by atoms with Gasteiger partial charge in [-0.05, 0) is 49.3 Å². The van der Waals surface area contributed by atoms with Crippen LogP contribution >= 0.6 is 11.3 Å². The van der Waals surface area contributed by atoms with Crippen molar-refractivity contribution in [2.24, 2.45) is 11.8 Å². The first-order valence-electron chi connectivity index (χ1n) is 10.7. The highest BCUT2D eigenvalue weighted by molar-refractivity contribution is 7.15. The molecule has 1 aromatic carbocycles. The highest BCUT2D eigenvalue weighted by atomic mass is 32.1. The molecule has 2 aliphatic rings. The molecule has 166 valence electrons. The minimum Gasteiger partial charge on any atom is -0.493 e. The number of thiazole rings is 1. The van der Waals surface area contributed by atoms with Gasteiger partial charge in [-0.3, -0.25) is 9.59 Å². The van der Waals surface area contributed by atoms with Crippen LogP contribution in [-0.2, 0) is 28.9 Å². The number of methoxy groups -OCH3 is 2. The summed E-state index contributed by atoms with van der Waals surface area (Å²) < 4.78 is 10.6. The average Bonchev–Trinajstić information content (AvgIpc) is 3.34. The average molecular weight is 444 g/mol. The Morgan fingerprint density at radius 1 is 1.26 bits per heavy atom. The summed E-state index contributed by atoms with van der Waals surface area (Å²) in [7, 11) is 3.21. The smallest absolute Gasteiger partial charge is 0.231 e. The number of aryl methyl sites for hydroxylation is 1. The second kappa shape index (κ2) is 9.26. The molecule has 8 heteroatoms. The Bertz CT molecular complexity index is 974. The quantitative estimate of drug-likeness (QED) is 0.710. The third-order valence-corrected chi connectivity index (χ3v) is 7.16. The third-order valence-electron chi connectivity index (χ3n) is 6.12. The predicted octanol–water partition coefficient (Wildman–Crippen LogP) is 3.31. The third kappa shape index (κ3) is 4.84. The second-order valence-electron chi connectivity index (χ2n) is 8.41. The van der Waals surface area contributed by atoms with Gasteiger partial charge < -0.3 is 19.7 Å². The van der Waals surface area contributed by atoms with Crippen LogP contribution in [0.2, 0.25) is 0 Å². The number of rotatable bonds is 7. The number of fused-ring (bicyclic) bond motifs is 1. The van der Waals surface area contributed by atoms with Crippen LogP contribution in [0.5, 0.6) is 11.5 Å². The Morgan fingerprint density at radius 2 is 2.06 bits per heavy atom. The molecule has 2 heterocycles. The van der Waals surface area contributed by atoms with Crippen molar-refractivity contribution in [3.05, 3.63) is 34.3 Å². The summed E-state index contributed by atoms with van der Waals surface area (Å²) in [5.41, 5.74) is 2.18. The lowest BCUT2D eigenvalue weighted by Gasteiger charge is -2.17. The summed E-state index contributed by atoms with van der Waals surface area (Å²) in [6.45, 7) is 3.27. The van der Waals surface area contributed by atoms with Gasteiger partial charge in [-0.25, -0.2) is 4.98 Å². The summed E-state index contributed by atoms with van der Waals surface area (Å²) in [5, 5.41) is 3.62. The van der Waals surface area contributed by atoms with Gasteiger partial charge in [0.2, 0.25) is 11.8 Å². The van der Waals surface area contributed by atoms with E-state index in [9.17, 15) is 9.59 Å². The van der Waals surface area contributed by atoms with E-state index in [0.717, 1.165) is 30.5 Å². The summed E-state index contributed by atoms with van der Waals surface area (Å²) in [4.78, 5) is 32.9. The maximum atomic E-state index is 12.8. The molecule has 2 atom stereocenters. The fraction of sp³-hybridized carbons (Fsp3) is 0.522. The van der Waals surface area contributed by atoms with Gasteiger partial charge in [0.25, 0.3) is 0 Å². The fourth-order valence-electron chi connectivity index (χ4n) is 4.26. The lowest BCUT2D eigenvalue weighted by atomic mass is 9.93. The number of benzene rings is 1. The van der Waals surface area contributed by atoms with Crippen LogP contribution in [-0.4, -0.2) is 49.0 Å². The number of ether oxygens (including phenoxy) is 2. The second-order valence-corrected chi connectivity index (χ2v) is 9.49. The van der Waals surface area contributed by atoms with E-state index in [1.807, 2.05) is 18.2 Å². The van der Waals surface area contributed by atoms with E-state index in [0.29, 0.717) is 42.1 Å². The molecule has 0 bridgehead atoms. The van der Waals surface area contributed by atoms with Crippen molar-refractivity contribution in [3.63, 3.8) is 0 Å². The van der Waals surface area contributed by atoms with E-state index < -0.39 is 0 Å². The zero-order chi connectivity index (χ0) is 22.0. The molecular formula is C23H29N3O4S. The van der Waals surface area contributed by atoms with Crippen molar-refractivity contribution in [1.82, 2.24) is 9.88 Å². The Hall–Kier alpha value is -2.61. The SMILES string of the molecule is COc1ccc(CCN2C[C@H](C(=O)Nc3nc4c(s3)C[C@@H](C)CC4)CC2=O)cc1OC. The zero-order valence-corrected chi connectivity index (χ0v) is 19.1. The first-order valence-corrected chi connectivity index (χ1v) is 11.6. The van der Waals surface area contributed by atoms with Crippen LogP contribution < -0.4 is 14.8 Å². The highest BCUT2D eigenvalue weighted by Crippen LogP contribution is 2.33. The Morgan fingerprint density at radius 3 is 2.84 bits per heavy atom.